The predicted octanol–water partition coefficient (Wildman–Crippen LogP) is 4.11. The molecule has 1 aliphatic carbocycles. The number of rotatable bonds is 8. The lowest BCUT2D eigenvalue weighted by Crippen LogP contribution is -2.38. The van der Waals surface area contributed by atoms with Gasteiger partial charge in [0.1, 0.15) is 0 Å². The van der Waals surface area contributed by atoms with E-state index in [1.165, 1.54) is 4.88 Å². The molecule has 0 saturated heterocycles. The van der Waals surface area contributed by atoms with Gasteiger partial charge in [-0.25, -0.2) is 9.98 Å². The summed E-state index contributed by atoms with van der Waals surface area (Å²) in [5, 5.41) is 10.8. The second-order valence-corrected chi connectivity index (χ2v) is 8.37. The highest BCUT2D eigenvalue weighted by molar-refractivity contribution is 14.0. The minimum absolute atomic E-state index is 0. The third kappa shape index (κ3) is 7.58. The van der Waals surface area contributed by atoms with Crippen molar-refractivity contribution in [2.75, 3.05) is 18.4 Å². The van der Waals surface area contributed by atoms with Crippen molar-refractivity contribution in [2.45, 2.75) is 46.1 Å². The van der Waals surface area contributed by atoms with Gasteiger partial charge in [-0.3, -0.25) is 4.79 Å². The molecule has 1 aromatic carbocycles. The smallest absolute Gasteiger partial charge is 0.227 e. The number of hydrogen-bond acceptors (Lipinski definition) is 4. The number of halogens is 1. The second-order valence-electron chi connectivity index (χ2n) is 7.05. The number of amides is 1. The van der Waals surface area contributed by atoms with Gasteiger partial charge in [-0.1, -0.05) is 18.6 Å². The Labute approximate surface area is 194 Å². The molecule has 2 aromatic rings. The van der Waals surface area contributed by atoms with Crippen LogP contribution in [0.4, 0.5) is 5.69 Å². The van der Waals surface area contributed by atoms with Crippen molar-refractivity contribution < 1.29 is 4.79 Å². The van der Waals surface area contributed by atoms with Gasteiger partial charge in [-0.05, 0) is 44.4 Å². The van der Waals surface area contributed by atoms with Crippen LogP contribution >= 0.6 is 35.3 Å². The molecule has 1 amide bonds. The molecule has 29 heavy (non-hydrogen) atoms. The average molecular weight is 527 g/mol. The number of anilines is 1. The fraction of sp³-hybridized carbons (Fsp3) is 0.476. The van der Waals surface area contributed by atoms with Crippen LogP contribution in [0.15, 0.2) is 35.5 Å². The van der Waals surface area contributed by atoms with Crippen LogP contribution in [-0.4, -0.2) is 29.9 Å². The summed E-state index contributed by atoms with van der Waals surface area (Å²) in [4.78, 5) is 22.4. The maximum Gasteiger partial charge on any atom is 0.227 e. The lowest BCUT2D eigenvalue weighted by Gasteiger charge is -2.24. The molecule has 1 heterocycles. The van der Waals surface area contributed by atoms with Crippen LogP contribution < -0.4 is 16.0 Å². The Balaban J connectivity index is 0.00000300. The fourth-order valence-corrected chi connectivity index (χ4v) is 3.77. The first kappa shape index (κ1) is 23.6. The zero-order valence-electron chi connectivity index (χ0n) is 17.0. The topological polar surface area (TPSA) is 78.4 Å². The maximum absolute atomic E-state index is 12.1. The van der Waals surface area contributed by atoms with E-state index in [1.807, 2.05) is 30.5 Å². The largest absolute Gasteiger partial charge is 0.357 e. The van der Waals surface area contributed by atoms with E-state index in [2.05, 4.69) is 39.8 Å². The normalized spacial score (nSPS) is 13.9. The SMILES string of the molecule is CCNC(=NCc1cccc(NC(=O)C2CCC2)c1)NCCc1ncc(C)s1.I. The number of aryl methyl sites for hydroxylation is 1. The number of carbonyl (C=O) groups excluding carboxylic acids is 1. The first-order chi connectivity index (χ1) is 13.6. The molecule has 0 radical (unpaired) electrons. The summed E-state index contributed by atoms with van der Waals surface area (Å²) in [6, 6.07) is 7.93. The number of thiazole rings is 1. The van der Waals surface area contributed by atoms with E-state index in [-0.39, 0.29) is 35.8 Å². The van der Waals surface area contributed by atoms with E-state index in [0.29, 0.717) is 6.54 Å². The zero-order chi connectivity index (χ0) is 19.8. The number of nitrogens with zero attached hydrogens (tertiary/aromatic N) is 2. The molecule has 0 bridgehead atoms. The number of aromatic nitrogens is 1. The van der Waals surface area contributed by atoms with Gasteiger partial charge in [0.05, 0.1) is 11.6 Å². The number of benzene rings is 1. The molecule has 0 aliphatic heterocycles. The van der Waals surface area contributed by atoms with Crippen molar-refractivity contribution in [1.82, 2.24) is 15.6 Å². The summed E-state index contributed by atoms with van der Waals surface area (Å²) < 4.78 is 0. The fourth-order valence-electron chi connectivity index (χ4n) is 2.98. The molecule has 6 nitrogen and oxygen atoms in total. The molecular weight excluding hydrogens is 497 g/mol. The Morgan fingerprint density at radius 1 is 1.31 bits per heavy atom. The van der Waals surface area contributed by atoms with E-state index in [9.17, 15) is 4.79 Å². The highest BCUT2D eigenvalue weighted by Crippen LogP contribution is 2.27. The van der Waals surface area contributed by atoms with Crippen LogP contribution in [0, 0.1) is 12.8 Å². The lowest BCUT2D eigenvalue weighted by molar-refractivity contribution is -0.122. The molecule has 3 rings (SSSR count). The first-order valence-electron chi connectivity index (χ1n) is 9.97. The molecule has 1 saturated carbocycles. The highest BCUT2D eigenvalue weighted by Gasteiger charge is 2.25. The van der Waals surface area contributed by atoms with Crippen LogP contribution in [0.5, 0.6) is 0 Å². The molecule has 1 fully saturated rings. The number of aliphatic imine (C=N–C) groups is 1. The van der Waals surface area contributed by atoms with Crippen LogP contribution in [0.3, 0.4) is 0 Å². The van der Waals surface area contributed by atoms with Crippen molar-refractivity contribution in [3.05, 3.63) is 45.9 Å². The summed E-state index contributed by atoms with van der Waals surface area (Å²) in [6.07, 6.45) is 5.97. The van der Waals surface area contributed by atoms with Gasteiger partial charge < -0.3 is 16.0 Å². The Hall–Kier alpha value is -1.68. The van der Waals surface area contributed by atoms with E-state index in [4.69, 9.17) is 0 Å². The van der Waals surface area contributed by atoms with E-state index >= 15 is 0 Å². The maximum atomic E-state index is 12.1. The molecule has 158 valence electrons. The number of hydrogen-bond donors (Lipinski definition) is 3. The van der Waals surface area contributed by atoms with Gasteiger partial charge in [-0.15, -0.1) is 35.3 Å². The van der Waals surface area contributed by atoms with Crippen molar-refractivity contribution >= 4 is 52.9 Å². The van der Waals surface area contributed by atoms with Gasteiger partial charge in [0.15, 0.2) is 5.96 Å². The summed E-state index contributed by atoms with van der Waals surface area (Å²) in [5.74, 6) is 1.12. The number of carbonyl (C=O) groups is 1. The van der Waals surface area contributed by atoms with Crippen LogP contribution in [0.1, 0.15) is 41.6 Å². The lowest BCUT2D eigenvalue weighted by atomic mass is 9.85. The van der Waals surface area contributed by atoms with E-state index in [1.54, 1.807) is 11.3 Å². The van der Waals surface area contributed by atoms with Gasteiger partial charge in [0, 0.05) is 42.2 Å². The standard InChI is InChI=1S/C21H29N5OS.HI/c1-3-22-21(23-11-10-19-24-13-15(2)28-19)25-14-16-6-4-9-18(12-16)26-20(27)17-7-5-8-17;/h4,6,9,12-13,17H,3,5,7-8,10-11,14H2,1-2H3,(H,26,27)(H2,22,23,25);1H. The van der Waals surface area contributed by atoms with Crippen molar-refractivity contribution in [3.63, 3.8) is 0 Å². The average Bonchev–Trinajstić information content (AvgIpc) is 3.03. The highest BCUT2D eigenvalue weighted by atomic mass is 127. The van der Waals surface area contributed by atoms with Gasteiger partial charge in [-0.2, -0.15) is 0 Å². The van der Waals surface area contributed by atoms with Gasteiger partial charge >= 0.3 is 0 Å². The quantitative estimate of drug-likeness (QED) is 0.275. The number of guanidine groups is 1. The Kier molecular flexibility index (Phi) is 9.86. The van der Waals surface area contributed by atoms with E-state index < -0.39 is 0 Å². The Bertz CT molecular complexity index is 819. The summed E-state index contributed by atoms with van der Waals surface area (Å²) in [7, 11) is 0. The third-order valence-corrected chi connectivity index (χ3v) is 5.71. The molecule has 3 N–H and O–H groups in total. The molecule has 0 unspecified atom stereocenters. The first-order valence-corrected chi connectivity index (χ1v) is 10.8. The third-order valence-electron chi connectivity index (χ3n) is 4.73. The minimum atomic E-state index is 0. The summed E-state index contributed by atoms with van der Waals surface area (Å²) >= 11 is 1.73. The van der Waals surface area contributed by atoms with Crippen LogP contribution in [0.25, 0.3) is 0 Å². The van der Waals surface area contributed by atoms with Crippen molar-refractivity contribution in [1.29, 1.82) is 0 Å². The molecule has 0 spiro atoms. The van der Waals surface area contributed by atoms with Gasteiger partial charge in [0.2, 0.25) is 5.91 Å². The van der Waals surface area contributed by atoms with Crippen LogP contribution in [0.2, 0.25) is 0 Å². The van der Waals surface area contributed by atoms with E-state index in [0.717, 1.165) is 61.0 Å². The predicted molar refractivity (Wildman–Crippen MR) is 131 cm³/mol. The van der Waals surface area contributed by atoms with Crippen LogP contribution in [-0.2, 0) is 17.8 Å². The second kappa shape index (κ2) is 12.1. The zero-order valence-corrected chi connectivity index (χ0v) is 20.2. The molecular formula is C21H30IN5OS. The molecule has 1 aliphatic rings. The molecule has 8 heteroatoms. The van der Waals surface area contributed by atoms with Crippen molar-refractivity contribution in [3.8, 4) is 0 Å². The number of nitrogens with one attached hydrogen (secondary N) is 3. The minimum Gasteiger partial charge on any atom is -0.357 e. The summed E-state index contributed by atoms with van der Waals surface area (Å²) in [6.45, 7) is 6.27. The Morgan fingerprint density at radius 3 is 2.79 bits per heavy atom. The molecule has 1 aromatic heterocycles. The Morgan fingerprint density at radius 2 is 2.14 bits per heavy atom. The molecule has 0 atom stereocenters. The summed E-state index contributed by atoms with van der Waals surface area (Å²) in [5.41, 5.74) is 1.92. The van der Waals surface area contributed by atoms with Crippen molar-refractivity contribution in [2.24, 2.45) is 10.9 Å². The van der Waals surface area contributed by atoms with Gasteiger partial charge in [0.25, 0.3) is 0 Å². The monoisotopic (exact) mass is 527 g/mol.